The standard InChI is InChI=1S/C7H7BrN4S/c8-1-2-13-7-5-6(10-3-9-5)11-4-12-7/h3-4H,1-2H2,(H,9,10,11,12). The van der Waals surface area contributed by atoms with Crippen LogP contribution in [0.25, 0.3) is 11.2 Å². The third kappa shape index (κ3) is 1.83. The number of halogens is 1. The van der Waals surface area contributed by atoms with Gasteiger partial charge in [0.25, 0.3) is 0 Å². The quantitative estimate of drug-likeness (QED) is 0.519. The highest BCUT2D eigenvalue weighted by atomic mass is 79.9. The van der Waals surface area contributed by atoms with E-state index in [1.807, 2.05) is 0 Å². The van der Waals surface area contributed by atoms with Gasteiger partial charge in [0, 0.05) is 11.1 Å². The first-order chi connectivity index (χ1) is 6.42. The van der Waals surface area contributed by atoms with Gasteiger partial charge in [-0.2, -0.15) is 0 Å². The van der Waals surface area contributed by atoms with Crippen LogP contribution in [0.5, 0.6) is 0 Å². The molecule has 4 nitrogen and oxygen atoms in total. The molecule has 6 heteroatoms. The lowest BCUT2D eigenvalue weighted by Gasteiger charge is -1.97. The monoisotopic (exact) mass is 258 g/mol. The van der Waals surface area contributed by atoms with Crippen molar-refractivity contribution >= 4 is 38.9 Å². The van der Waals surface area contributed by atoms with Crippen LogP contribution in [0.15, 0.2) is 17.7 Å². The highest BCUT2D eigenvalue weighted by Crippen LogP contribution is 2.21. The van der Waals surface area contributed by atoms with Gasteiger partial charge >= 0.3 is 0 Å². The lowest BCUT2D eigenvalue weighted by atomic mass is 10.6. The van der Waals surface area contributed by atoms with Crippen LogP contribution < -0.4 is 0 Å². The first-order valence-electron chi connectivity index (χ1n) is 3.74. The fraction of sp³-hybridized carbons (Fsp3) is 0.286. The summed E-state index contributed by atoms with van der Waals surface area (Å²) in [6, 6.07) is 0. The minimum absolute atomic E-state index is 0.729. The predicted octanol–water partition coefficient (Wildman–Crippen LogP) is 1.84. The van der Waals surface area contributed by atoms with Gasteiger partial charge in [0.15, 0.2) is 5.65 Å². The van der Waals surface area contributed by atoms with Crippen molar-refractivity contribution in [2.75, 3.05) is 11.1 Å². The second-order valence-corrected chi connectivity index (χ2v) is 4.19. The van der Waals surface area contributed by atoms with Gasteiger partial charge in [-0.05, 0) is 0 Å². The van der Waals surface area contributed by atoms with Gasteiger partial charge in [-0.15, -0.1) is 11.8 Å². The fourth-order valence-corrected chi connectivity index (χ4v) is 2.16. The van der Waals surface area contributed by atoms with E-state index in [4.69, 9.17) is 0 Å². The molecule has 2 rings (SSSR count). The maximum Gasteiger partial charge on any atom is 0.181 e. The summed E-state index contributed by atoms with van der Waals surface area (Å²) in [6.07, 6.45) is 3.18. The lowest BCUT2D eigenvalue weighted by Crippen LogP contribution is -1.87. The van der Waals surface area contributed by atoms with Crippen LogP contribution in [0, 0.1) is 0 Å². The first-order valence-corrected chi connectivity index (χ1v) is 5.85. The zero-order valence-electron chi connectivity index (χ0n) is 6.70. The SMILES string of the molecule is BrCCSc1ncnc2nc[nH]c12. The Kier molecular flexibility index (Phi) is 2.80. The van der Waals surface area contributed by atoms with Crippen molar-refractivity contribution in [3.8, 4) is 0 Å². The predicted molar refractivity (Wildman–Crippen MR) is 56.2 cm³/mol. The number of nitrogens with zero attached hydrogens (tertiary/aromatic N) is 3. The Labute approximate surface area is 87.7 Å². The molecule has 68 valence electrons. The summed E-state index contributed by atoms with van der Waals surface area (Å²) in [4.78, 5) is 15.3. The van der Waals surface area contributed by atoms with Crippen molar-refractivity contribution in [2.45, 2.75) is 5.03 Å². The maximum atomic E-state index is 4.18. The smallest absolute Gasteiger partial charge is 0.181 e. The van der Waals surface area contributed by atoms with Gasteiger partial charge in [-0.25, -0.2) is 15.0 Å². The zero-order chi connectivity index (χ0) is 9.10. The Hall–Kier alpha value is -0.620. The molecule has 0 fully saturated rings. The van der Waals surface area contributed by atoms with Crippen LogP contribution >= 0.6 is 27.7 Å². The summed E-state index contributed by atoms with van der Waals surface area (Å²) in [7, 11) is 0. The highest BCUT2D eigenvalue weighted by Gasteiger charge is 2.04. The summed E-state index contributed by atoms with van der Waals surface area (Å²) in [6.45, 7) is 0. The number of H-pyrrole nitrogens is 1. The number of hydrogen-bond acceptors (Lipinski definition) is 4. The van der Waals surface area contributed by atoms with Crippen molar-refractivity contribution in [1.82, 2.24) is 19.9 Å². The largest absolute Gasteiger partial charge is 0.341 e. The number of aromatic nitrogens is 4. The van der Waals surface area contributed by atoms with E-state index in [0.29, 0.717) is 0 Å². The Balaban J connectivity index is 2.37. The molecule has 0 atom stereocenters. The molecule has 0 radical (unpaired) electrons. The van der Waals surface area contributed by atoms with Crippen LogP contribution in [-0.2, 0) is 0 Å². The van der Waals surface area contributed by atoms with Crippen LogP contribution in [0.4, 0.5) is 0 Å². The molecule has 0 saturated heterocycles. The number of hydrogen-bond donors (Lipinski definition) is 1. The summed E-state index contributed by atoms with van der Waals surface area (Å²) in [5, 5.41) is 1.92. The lowest BCUT2D eigenvalue weighted by molar-refractivity contribution is 1.09. The molecule has 2 aromatic heterocycles. The third-order valence-corrected chi connectivity index (χ3v) is 3.42. The van der Waals surface area contributed by atoms with Crippen molar-refractivity contribution in [1.29, 1.82) is 0 Å². The molecule has 0 unspecified atom stereocenters. The van der Waals surface area contributed by atoms with Gasteiger partial charge in [-0.1, -0.05) is 15.9 Å². The number of fused-ring (bicyclic) bond motifs is 1. The number of thioether (sulfide) groups is 1. The average Bonchev–Trinajstić information content (AvgIpc) is 2.62. The van der Waals surface area contributed by atoms with E-state index in [0.717, 1.165) is 27.3 Å². The molecule has 2 aromatic rings. The minimum atomic E-state index is 0.729. The number of alkyl halides is 1. The summed E-state index contributed by atoms with van der Waals surface area (Å²) < 4.78 is 0. The van der Waals surface area contributed by atoms with Gasteiger partial charge in [0.2, 0.25) is 0 Å². The Bertz CT molecular complexity index is 402. The van der Waals surface area contributed by atoms with Crippen LogP contribution in [-0.4, -0.2) is 31.0 Å². The summed E-state index contributed by atoms with van der Waals surface area (Å²) in [5.74, 6) is 0.991. The Morgan fingerprint density at radius 3 is 3.15 bits per heavy atom. The number of imidazole rings is 1. The highest BCUT2D eigenvalue weighted by molar-refractivity contribution is 9.09. The molecule has 0 aliphatic carbocycles. The molecule has 0 spiro atoms. The van der Waals surface area contributed by atoms with E-state index in [1.54, 1.807) is 24.4 Å². The van der Waals surface area contributed by atoms with Gasteiger partial charge in [0.1, 0.15) is 16.9 Å². The summed E-state index contributed by atoms with van der Waals surface area (Å²) in [5.41, 5.74) is 1.65. The number of aromatic amines is 1. The second-order valence-electron chi connectivity index (χ2n) is 2.32. The van der Waals surface area contributed by atoms with Crippen LogP contribution in [0.1, 0.15) is 0 Å². The molecule has 0 aliphatic heterocycles. The van der Waals surface area contributed by atoms with Gasteiger partial charge in [-0.3, -0.25) is 0 Å². The number of rotatable bonds is 3. The summed E-state index contributed by atoms with van der Waals surface area (Å²) >= 11 is 5.06. The second kappa shape index (κ2) is 4.06. The molecular weight excluding hydrogens is 252 g/mol. The fourth-order valence-electron chi connectivity index (χ4n) is 0.988. The normalized spacial score (nSPS) is 10.8. The molecule has 0 saturated carbocycles. The Morgan fingerprint density at radius 2 is 2.31 bits per heavy atom. The molecule has 13 heavy (non-hydrogen) atoms. The van der Waals surface area contributed by atoms with Gasteiger partial charge < -0.3 is 4.98 Å². The molecule has 0 amide bonds. The molecule has 0 aliphatic rings. The molecule has 2 heterocycles. The van der Waals surface area contributed by atoms with Crippen LogP contribution in [0.2, 0.25) is 0 Å². The van der Waals surface area contributed by atoms with E-state index < -0.39 is 0 Å². The number of nitrogens with one attached hydrogen (secondary N) is 1. The Morgan fingerprint density at radius 1 is 1.38 bits per heavy atom. The topological polar surface area (TPSA) is 54.5 Å². The molecule has 1 N–H and O–H groups in total. The van der Waals surface area contributed by atoms with Crippen molar-refractivity contribution in [3.63, 3.8) is 0 Å². The third-order valence-electron chi connectivity index (χ3n) is 1.50. The minimum Gasteiger partial charge on any atom is -0.341 e. The van der Waals surface area contributed by atoms with E-state index in [2.05, 4.69) is 35.9 Å². The van der Waals surface area contributed by atoms with Crippen LogP contribution in [0.3, 0.4) is 0 Å². The van der Waals surface area contributed by atoms with E-state index in [-0.39, 0.29) is 0 Å². The van der Waals surface area contributed by atoms with E-state index in [1.165, 1.54) is 0 Å². The molecule has 0 aromatic carbocycles. The van der Waals surface area contributed by atoms with Crippen molar-refractivity contribution in [2.24, 2.45) is 0 Å². The van der Waals surface area contributed by atoms with E-state index in [9.17, 15) is 0 Å². The maximum absolute atomic E-state index is 4.18. The van der Waals surface area contributed by atoms with Crippen molar-refractivity contribution < 1.29 is 0 Å². The molecule has 0 bridgehead atoms. The first kappa shape index (κ1) is 8.96. The average molecular weight is 259 g/mol. The van der Waals surface area contributed by atoms with E-state index >= 15 is 0 Å². The van der Waals surface area contributed by atoms with Crippen molar-refractivity contribution in [3.05, 3.63) is 12.7 Å². The molecular formula is C7H7BrN4S. The zero-order valence-corrected chi connectivity index (χ0v) is 9.10. The van der Waals surface area contributed by atoms with Gasteiger partial charge in [0.05, 0.1) is 6.33 Å².